The normalized spacial score (nSPS) is 11.7. The molecule has 2 N–H and O–H groups in total. The van der Waals surface area contributed by atoms with Crippen LogP contribution in [-0.4, -0.2) is 36.0 Å². The number of benzene rings is 1. The van der Waals surface area contributed by atoms with Gasteiger partial charge in [0.05, 0.1) is 18.6 Å². The van der Waals surface area contributed by atoms with Gasteiger partial charge in [-0.15, -0.1) is 0 Å². The Morgan fingerprint density at radius 2 is 1.89 bits per heavy atom. The van der Waals surface area contributed by atoms with Gasteiger partial charge in [-0.1, -0.05) is 37.3 Å². The maximum Gasteiger partial charge on any atom is 0.330 e. The lowest BCUT2D eigenvalue weighted by molar-refractivity contribution is -0.143. The van der Waals surface area contributed by atoms with Crippen LogP contribution < -0.4 is 0 Å². The van der Waals surface area contributed by atoms with Crippen LogP contribution in [0.4, 0.5) is 0 Å². The zero-order valence-corrected chi connectivity index (χ0v) is 11.1. The van der Waals surface area contributed by atoms with Gasteiger partial charge in [0, 0.05) is 6.08 Å². The van der Waals surface area contributed by atoms with E-state index in [1.807, 2.05) is 37.3 Å². The van der Waals surface area contributed by atoms with Gasteiger partial charge in [-0.25, -0.2) is 4.79 Å². The summed E-state index contributed by atoms with van der Waals surface area (Å²) >= 11 is 0. The van der Waals surface area contributed by atoms with E-state index in [0.717, 1.165) is 5.56 Å². The highest BCUT2D eigenvalue weighted by Gasteiger charge is 2.28. The van der Waals surface area contributed by atoms with Crippen molar-refractivity contribution < 1.29 is 19.7 Å². The Balaban J connectivity index is 2.50. The van der Waals surface area contributed by atoms with E-state index in [1.165, 1.54) is 6.08 Å². The second-order valence-corrected chi connectivity index (χ2v) is 4.52. The van der Waals surface area contributed by atoms with Gasteiger partial charge in [0.1, 0.15) is 6.61 Å². The summed E-state index contributed by atoms with van der Waals surface area (Å²) in [5.41, 5.74) is 0.154. The first-order chi connectivity index (χ1) is 9.15. The van der Waals surface area contributed by atoms with E-state index in [0.29, 0.717) is 6.42 Å². The SMILES string of the molecule is CCC(CO)(CO)COC(=O)C=Cc1ccccc1. The van der Waals surface area contributed by atoms with E-state index in [-0.39, 0.29) is 19.8 Å². The molecule has 0 fully saturated rings. The van der Waals surface area contributed by atoms with Crippen LogP contribution in [0.25, 0.3) is 6.08 Å². The lowest BCUT2D eigenvalue weighted by atomic mass is 9.88. The number of hydrogen-bond acceptors (Lipinski definition) is 4. The van der Waals surface area contributed by atoms with Crippen LogP contribution in [0.2, 0.25) is 0 Å². The van der Waals surface area contributed by atoms with E-state index in [9.17, 15) is 15.0 Å². The fourth-order valence-electron chi connectivity index (χ4n) is 1.47. The summed E-state index contributed by atoms with van der Waals surface area (Å²) in [4.78, 5) is 11.5. The molecule has 0 atom stereocenters. The molecule has 0 radical (unpaired) electrons. The minimum Gasteiger partial charge on any atom is -0.462 e. The summed E-state index contributed by atoms with van der Waals surface area (Å²) in [6, 6.07) is 9.41. The minimum absolute atomic E-state index is 0.00840. The Morgan fingerprint density at radius 1 is 1.26 bits per heavy atom. The second kappa shape index (κ2) is 7.71. The Kier molecular flexibility index (Phi) is 6.25. The minimum atomic E-state index is -0.754. The lowest BCUT2D eigenvalue weighted by Crippen LogP contribution is -2.35. The summed E-state index contributed by atoms with van der Waals surface area (Å²) in [5.74, 6) is -0.483. The Hall–Kier alpha value is -1.65. The fraction of sp³-hybridized carbons (Fsp3) is 0.400. The van der Waals surface area contributed by atoms with Gasteiger partial charge in [-0.3, -0.25) is 0 Å². The number of hydrogen-bond donors (Lipinski definition) is 2. The van der Waals surface area contributed by atoms with E-state index < -0.39 is 11.4 Å². The molecule has 0 saturated carbocycles. The number of esters is 1. The first-order valence-electron chi connectivity index (χ1n) is 6.27. The van der Waals surface area contributed by atoms with Crippen molar-refractivity contribution in [2.75, 3.05) is 19.8 Å². The number of ether oxygens (including phenoxy) is 1. The summed E-state index contributed by atoms with van der Waals surface area (Å²) in [7, 11) is 0. The predicted molar refractivity (Wildman–Crippen MR) is 73.3 cm³/mol. The number of aliphatic hydroxyl groups is 2. The van der Waals surface area contributed by atoms with Crippen molar-refractivity contribution >= 4 is 12.0 Å². The topological polar surface area (TPSA) is 66.8 Å². The third kappa shape index (κ3) is 4.85. The van der Waals surface area contributed by atoms with Gasteiger partial charge in [0.15, 0.2) is 0 Å². The molecule has 4 heteroatoms. The number of carbonyl (C=O) groups is 1. The van der Waals surface area contributed by atoms with Gasteiger partial charge in [-0.05, 0) is 18.1 Å². The zero-order valence-electron chi connectivity index (χ0n) is 11.1. The Bertz CT molecular complexity index is 399. The standard InChI is InChI=1S/C15H20O4/c1-2-15(10-16,11-17)12-19-14(18)9-8-13-6-4-3-5-7-13/h3-9,16-17H,2,10-12H2,1H3. The fourth-order valence-corrected chi connectivity index (χ4v) is 1.47. The molecule has 1 aromatic rings. The summed E-state index contributed by atoms with van der Waals surface area (Å²) in [6.07, 6.45) is 3.54. The van der Waals surface area contributed by atoms with Crippen molar-refractivity contribution in [3.05, 3.63) is 42.0 Å². The van der Waals surface area contributed by atoms with Gasteiger partial charge >= 0.3 is 5.97 Å². The molecule has 0 aromatic heterocycles. The monoisotopic (exact) mass is 264 g/mol. The Labute approximate surface area is 113 Å². The lowest BCUT2D eigenvalue weighted by Gasteiger charge is -2.27. The van der Waals surface area contributed by atoms with Crippen LogP contribution in [0.5, 0.6) is 0 Å². The highest BCUT2D eigenvalue weighted by atomic mass is 16.5. The molecule has 0 aliphatic rings. The quantitative estimate of drug-likeness (QED) is 0.580. The molecule has 4 nitrogen and oxygen atoms in total. The molecule has 1 aromatic carbocycles. The van der Waals surface area contributed by atoms with E-state index in [2.05, 4.69) is 0 Å². The number of rotatable bonds is 7. The van der Waals surface area contributed by atoms with Gasteiger partial charge in [0.2, 0.25) is 0 Å². The summed E-state index contributed by atoms with van der Waals surface area (Å²) < 4.78 is 5.06. The van der Waals surface area contributed by atoms with Gasteiger partial charge in [0.25, 0.3) is 0 Å². The van der Waals surface area contributed by atoms with Crippen molar-refractivity contribution in [3.8, 4) is 0 Å². The average molecular weight is 264 g/mol. The second-order valence-electron chi connectivity index (χ2n) is 4.52. The highest BCUT2D eigenvalue weighted by molar-refractivity contribution is 5.87. The first kappa shape index (κ1) is 15.4. The van der Waals surface area contributed by atoms with Crippen molar-refractivity contribution in [1.29, 1.82) is 0 Å². The molecular formula is C15H20O4. The molecule has 1 rings (SSSR count). The van der Waals surface area contributed by atoms with Crippen molar-refractivity contribution in [2.45, 2.75) is 13.3 Å². The molecule has 0 heterocycles. The number of carbonyl (C=O) groups excluding carboxylic acids is 1. The Morgan fingerprint density at radius 3 is 2.42 bits per heavy atom. The predicted octanol–water partition coefficient (Wildman–Crippen LogP) is 1.62. The largest absolute Gasteiger partial charge is 0.462 e. The van der Waals surface area contributed by atoms with E-state index in [4.69, 9.17) is 4.74 Å². The smallest absolute Gasteiger partial charge is 0.330 e. The molecule has 0 bridgehead atoms. The summed E-state index contributed by atoms with van der Waals surface area (Å²) in [5, 5.41) is 18.5. The van der Waals surface area contributed by atoms with E-state index >= 15 is 0 Å². The van der Waals surface area contributed by atoms with Crippen LogP contribution in [-0.2, 0) is 9.53 Å². The first-order valence-corrected chi connectivity index (χ1v) is 6.27. The molecule has 0 saturated heterocycles. The van der Waals surface area contributed by atoms with Crippen LogP contribution in [0.1, 0.15) is 18.9 Å². The molecule has 19 heavy (non-hydrogen) atoms. The molecule has 0 unspecified atom stereocenters. The maximum atomic E-state index is 11.5. The van der Waals surface area contributed by atoms with Crippen LogP contribution in [0.15, 0.2) is 36.4 Å². The summed E-state index contributed by atoms with van der Waals surface area (Å²) in [6.45, 7) is 1.42. The molecule has 0 aliphatic heterocycles. The molecule has 0 spiro atoms. The van der Waals surface area contributed by atoms with Gasteiger partial charge in [-0.2, -0.15) is 0 Å². The van der Waals surface area contributed by atoms with Crippen molar-refractivity contribution in [2.24, 2.45) is 5.41 Å². The van der Waals surface area contributed by atoms with Crippen molar-refractivity contribution in [3.63, 3.8) is 0 Å². The van der Waals surface area contributed by atoms with E-state index in [1.54, 1.807) is 6.08 Å². The number of aliphatic hydroxyl groups excluding tert-OH is 2. The van der Waals surface area contributed by atoms with Crippen molar-refractivity contribution in [1.82, 2.24) is 0 Å². The van der Waals surface area contributed by atoms with Crippen LogP contribution in [0.3, 0.4) is 0 Å². The highest BCUT2D eigenvalue weighted by Crippen LogP contribution is 2.20. The maximum absolute atomic E-state index is 11.5. The molecule has 0 aliphatic carbocycles. The van der Waals surface area contributed by atoms with Crippen LogP contribution >= 0.6 is 0 Å². The average Bonchev–Trinajstić information content (AvgIpc) is 2.48. The zero-order chi connectivity index (χ0) is 14.1. The molecular weight excluding hydrogens is 244 g/mol. The third-order valence-electron chi connectivity index (χ3n) is 3.15. The third-order valence-corrected chi connectivity index (χ3v) is 3.15. The van der Waals surface area contributed by atoms with Crippen LogP contribution in [0, 0.1) is 5.41 Å². The molecule has 104 valence electrons. The molecule has 0 amide bonds. The van der Waals surface area contributed by atoms with Gasteiger partial charge < -0.3 is 14.9 Å².